The molecular weight excluding hydrogens is 196 g/mol. The Hall–Kier alpha value is -1.37. The summed E-state index contributed by atoms with van der Waals surface area (Å²) in [6.07, 6.45) is 12.4. The molecule has 0 aromatic rings. The normalized spacial score (nSPS) is 15.2. The van der Waals surface area contributed by atoms with Crippen molar-refractivity contribution in [3.8, 4) is 0 Å². The molecule has 0 spiro atoms. The van der Waals surface area contributed by atoms with Crippen LogP contribution in [0.1, 0.15) is 33.6 Å². The predicted molar refractivity (Wildman–Crippen MR) is 71.3 cm³/mol. The Morgan fingerprint density at radius 1 is 1.31 bits per heavy atom. The molecule has 0 aliphatic heterocycles. The van der Waals surface area contributed by atoms with E-state index in [-0.39, 0.29) is 0 Å². The van der Waals surface area contributed by atoms with E-state index in [1.165, 1.54) is 11.1 Å². The van der Waals surface area contributed by atoms with Gasteiger partial charge in [0.1, 0.15) is 6.29 Å². The maximum absolute atomic E-state index is 10.1. The zero-order chi connectivity index (χ0) is 12.4. The Balaban J connectivity index is 4.13. The summed E-state index contributed by atoms with van der Waals surface area (Å²) in [5, 5.41) is 0. The molecule has 0 fully saturated rings. The third-order valence-electron chi connectivity index (χ3n) is 2.32. The Labute approximate surface area is 99.3 Å². The van der Waals surface area contributed by atoms with E-state index in [4.69, 9.17) is 0 Å². The van der Waals surface area contributed by atoms with Gasteiger partial charge in [-0.05, 0) is 38.7 Å². The first-order chi connectivity index (χ1) is 7.60. The van der Waals surface area contributed by atoms with E-state index in [1.807, 2.05) is 18.2 Å². The van der Waals surface area contributed by atoms with Gasteiger partial charge in [-0.3, -0.25) is 4.79 Å². The van der Waals surface area contributed by atoms with E-state index < -0.39 is 0 Å². The molecule has 0 aromatic heterocycles. The summed E-state index contributed by atoms with van der Waals surface area (Å²) in [4.78, 5) is 10.1. The third kappa shape index (κ3) is 7.98. The van der Waals surface area contributed by atoms with Crippen LogP contribution in [0, 0.1) is 5.92 Å². The van der Waals surface area contributed by atoms with Crippen molar-refractivity contribution in [1.29, 1.82) is 0 Å². The zero-order valence-corrected chi connectivity index (χ0v) is 10.6. The van der Waals surface area contributed by atoms with Crippen LogP contribution in [0.25, 0.3) is 0 Å². The minimum absolute atomic E-state index is 0.420. The zero-order valence-electron chi connectivity index (χ0n) is 10.6. The highest BCUT2D eigenvalue weighted by molar-refractivity contribution is 5.64. The molecule has 1 atom stereocenters. The maximum atomic E-state index is 10.1. The summed E-state index contributed by atoms with van der Waals surface area (Å²) in [7, 11) is 0. The van der Waals surface area contributed by atoms with Gasteiger partial charge < -0.3 is 0 Å². The van der Waals surface area contributed by atoms with Gasteiger partial charge in [-0.25, -0.2) is 0 Å². The summed E-state index contributed by atoms with van der Waals surface area (Å²) >= 11 is 0. The van der Waals surface area contributed by atoms with Crippen molar-refractivity contribution < 1.29 is 4.79 Å². The van der Waals surface area contributed by atoms with E-state index in [0.29, 0.717) is 5.92 Å². The van der Waals surface area contributed by atoms with Gasteiger partial charge in [0.2, 0.25) is 0 Å². The monoisotopic (exact) mass is 218 g/mol. The summed E-state index contributed by atoms with van der Waals surface area (Å²) < 4.78 is 0. The first-order valence-electron chi connectivity index (χ1n) is 5.66. The van der Waals surface area contributed by atoms with Crippen LogP contribution < -0.4 is 0 Å². The van der Waals surface area contributed by atoms with E-state index >= 15 is 0 Å². The molecule has 0 radical (unpaired) electrons. The molecule has 0 amide bonds. The lowest BCUT2D eigenvalue weighted by Crippen LogP contribution is -1.88. The second kappa shape index (κ2) is 8.90. The van der Waals surface area contributed by atoms with Gasteiger partial charge in [0, 0.05) is 0 Å². The molecule has 0 saturated heterocycles. The fourth-order valence-corrected chi connectivity index (χ4v) is 1.47. The minimum Gasteiger partial charge on any atom is -0.299 e. The lowest BCUT2D eigenvalue weighted by Gasteiger charge is -2.04. The van der Waals surface area contributed by atoms with Crippen molar-refractivity contribution in [1.82, 2.24) is 0 Å². The Morgan fingerprint density at radius 2 is 2.00 bits per heavy atom. The molecule has 88 valence electrons. The molecule has 0 aromatic carbocycles. The topological polar surface area (TPSA) is 17.1 Å². The Kier molecular flexibility index (Phi) is 8.14. The average molecular weight is 218 g/mol. The van der Waals surface area contributed by atoms with Crippen LogP contribution in [-0.4, -0.2) is 6.29 Å². The van der Waals surface area contributed by atoms with Crippen LogP contribution in [0.2, 0.25) is 0 Å². The highest BCUT2D eigenvalue weighted by Crippen LogP contribution is 2.13. The lowest BCUT2D eigenvalue weighted by atomic mass is 10.0. The van der Waals surface area contributed by atoms with E-state index in [9.17, 15) is 4.79 Å². The van der Waals surface area contributed by atoms with Crippen LogP contribution in [-0.2, 0) is 4.79 Å². The number of hydrogen-bond donors (Lipinski definition) is 0. The molecule has 0 aliphatic carbocycles. The molecule has 0 bridgehead atoms. The highest BCUT2D eigenvalue weighted by Gasteiger charge is 1.96. The number of allylic oxidation sites excluding steroid dienone is 7. The smallest absolute Gasteiger partial charge is 0.142 e. The van der Waals surface area contributed by atoms with Crippen molar-refractivity contribution >= 4 is 6.29 Å². The number of rotatable bonds is 7. The standard InChI is InChI=1S/C15H22O/c1-5-7-14(3)12-15(4)10-9-13(2)8-6-11-16/h5-8,10-11,13H,1,9,12H2,2-4H3/b8-6+,14-7+,15-10+/t13-/m0/s1. The molecule has 16 heavy (non-hydrogen) atoms. The van der Waals surface area contributed by atoms with Gasteiger partial charge >= 0.3 is 0 Å². The second-order valence-corrected chi connectivity index (χ2v) is 4.21. The second-order valence-electron chi connectivity index (χ2n) is 4.21. The van der Waals surface area contributed by atoms with Crippen LogP contribution in [0.15, 0.2) is 48.1 Å². The van der Waals surface area contributed by atoms with Gasteiger partial charge in [0.05, 0.1) is 0 Å². The van der Waals surface area contributed by atoms with Crippen molar-refractivity contribution in [2.75, 3.05) is 0 Å². The van der Waals surface area contributed by atoms with Gasteiger partial charge in [0.25, 0.3) is 0 Å². The number of aldehydes is 1. The quantitative estimate of drug-likeness (QED) is 0.270. The van der Waals surface area contributed by atoms with E-state index in [1.54, 1.807) is 6.08 Å². The third-order valence-corrected chi connectivity index (χ3v) is 2.32. The molecular formula is C15H22O. The summed E-state index contributed by atoms with van der Waals surface area (Å²) in [6.45, 7) is 10.0. The average Bonchev–Trinajstić information content (AvgIpc) is 2.23. The van der Waals surface area contributed by atoms with Crippen LogP contribution in [0.3, 0.4) is 0 Å². The summed E-state index contributed by atoms with van der Waals surface area (Å²) in [5.41, 5.74) is 2.68. The molecule has 0 rings (SSSR count). The first-order valence-corrected chi connectivity index (χ1v) is 5.66. The van der Waals surface area contributed by atoms with E-state index in [0.717, 1.165) is 19.1 Å². The first kappa shape index (κ1) is 14.6. The molecule has 1 heteroatoms. The van der Waals surface area contributed by atoms with Crippen molar-refractivity contribution in [3.63, 3.8) is 0 Å². The SMILES string of the molecule is C=C/C=C(\C)C/C(C)=C/C[C@@H](C)/C=C/C=O. The molecule has 0 saturated carbocycles. The highest BCUT2D eigenvalue weighted by atomic mass is 16.1. The van der Waals surface area contributed by atoms with Crippen LogP contribution in [0.5, 0.6) is 0 Å². The minimum atomic E-state index is 0.420. The van der Waals surface area contributed by atoms with Crippen molar-refractivity contribution in [3.05, 3.63) is 48.1 Å². The number of hydrogen-bond acceptors (Lipinski definition) is 1. The van der Waals surface area contributed by atoms with E-state index in [2.05, 4.69) is 33.4 Å². The number of carbonyl (C=O) groups excluding carboxylic acids is 1. The lowest BCUT2D eigenvalue weighted by molar-refractivity contribution is -0.104. The van der Waals surface area contributed by atoms with Crippen LogP contribution in [0.4, 0.5) is 0 Å². The molecule has 0 unspecified atom stereocenters. The summed E-state index contributed by atoms with van der Waals surface area (Å²) in [5.74, 6) is 0.420. The molecule has 0 aliphatic rings. The fraction of sp³-hybridized carbons (Fsp3) is 0.400. The van der Waals surface area contributed by atoms with Crippen molar-refractivity contribution in [2.24, 2.45) is 5.92 Å². The predicted octanol–water partition coefficient (Wildman–Crippen LogP) is 4.24. The summed E-state index contributed by atoms with van der Waals surface area (Å²) in [6, 6.07) is 0. The van der Waals surface area contributed by atoms with Crippen LogP contribution >= 0.6 is 0 Å². The molecule has 1 nitrogen and oxygen atoms in total. The number of carbonyl (C=O) groups is 1. The van der Waals surface area contributed by atoms with Gasteiger partial charge in [-0.15, -0.1) is 0 Å². The fourth-order valence-electron chi connectivity index (χ4n) is 1.47. The maximum Gasteiger partial charge on any atom is 0.142 e. The molecule has 0 N–H and O–H groups in total. The van der Waals surface area contributed by atoms with Crippen molar-refractivity contribution in [2.45, 2.75) is 33.6 Å². The van der Waals surface area contributed by atoms with Gasteiger partial charge in [0.15, 0.2) is 0 Å². The Morgan fingerprint density at radius 3 is 2.56 bits per heavy atom. The Bertz CT molecular complexity index is 305. The molecule has 0 heterocycles. The van der Waals surface area contributed by atoms with Gasteiger partial charge in [-0.2, -0.15) is 0 Å². The largest absolute Gasteiger partial charge is 0.299 e. The van der Waals surface area contributed by atoms with Gasteiger partial charge in [-0.1, -0.05) is 49.0 Å².